The van der Waals surface area contributed by atoms with Gasteiger partial charge in [0.1, 0.15) is 5.78 Å². The lowest BCUT2D eigenvalue weighted by molar-refractivity contribution is -0.126. The molecule has 4 atom stereocenters. The van der Waals surface area contributed by atoms with Crippen molar-refractivity contribution in [2.75, 3.05) is 6.54 Å². The van der Waals surface area contributed by atoms with E-state index in [1.165, 1.54) is 36.0 Å². The van der Waals surface area contributed by atoms with Crippen LogP contribution in [0.4, 0.5) is 0 Å². The molecular weight excluding hydrogens is 334 g/mol. The van der Waals surface area contributed by atoms with Gasteiger partial charge < -0.3 is 5.32 Å². The van der Waals surface area contributed by atoms with Crippen LogP contribution >= 0.6 is 0 Å². The van der Waals surface area contributed by atoms with E-state index in [1.54, 1.807) is 0 Å². The zero-order valence-corrected chi connectivity index (χ0v) is 17.1. The molecule has 1 N–H and O–H groups in total. The quantitative estimate of drug-likeness (QED) is 0.718. The van der Waals surface area contributed by atoms with E-state index in [2.05, 4.69) is 44.3 Å². The minimum absolute atomic E-state index is 0.156. The molecule has 27 heavy (non-hydrogen) atoms. The molecule has 0 heterocycles. The highest BCUT2D eigenvalue weighted by Gasteiger charge is 2.66. The van der Waals surface area contributed by atoms with Gasteiger partial charge >= 0.3 is 0 Å². The molecule has 146 valence electrons. The van der Waals surface area contributed by atoms with Crippen LogP contribution in [-0.4, -0.2) is 18.2 Å². The number of rotatable bonds is 6. The highest BCUT2D eigenvalue weighted by Crippen LogP contribution is 2.71. The lowest BCUT2D eigenvalue weighted by Crippen LogP contribution is -2.41. The molecule has 0 unspecified atom stereocenters. The van der Waals surface area contributed by atoms with E-state index in [9.17, 15) is 9.59 Å². The fourth-order valence-corrected chi connectivity index (χ4v) is 6.44. The predicted molar refractivity (Wildman–Crippen MR) is 108 cm³/mol. The smallest absolute Gasteiger partial charge is 0.228 e. The summed E-state index contributed by atoms with van der Waals surface area (Å²) in [5.41, 5.74) is 3.38. The van der Waals surface area contributed by atoms with Crippen LogP contribution in [0, 0.1) is 17.8 Å². The third-order valence-corrected chi connectivity index (χ3v) is 7.75. The summed E-state index contributed by atoms with van der Waals surface area (Å²) in [6.07, 6.45) is 8.10. The number of benzene rings is 1. The van der Waals surface area contributed by atoms with E-state index in [0.717, 1.165) is 32.2 Å². The van der Waals surface area contributed by atoms with Gasteiger partial charge in [0, 0.05) is 23.8 Å². The first-order valence-electron chi connectivity index (χ1n) is 10.8. The zero-order chi connectivity index (χ0) is 19.2. The number of amides is 1. The molecule has 0 saturated heterocycles. The number of hydrogen-bond acceptors (Lipinski definition) is 2. The number of carbonyl (C=O) groups is 2. The summed E-state index contributed by atoms with van der Waals surface area (Å²) in [5, 5.41) is 3.24. The highest BCUT2D eigenvalue weighted by atomic mass is 16.2. The molecule has 1 aromatic carbocycles. The number of nitrogens with one attached hydrogen (secondary N) is 1. The van der Waals surface area contributed by atoms with Crippen molar-refractivity contribution in [3.8, 4) is 0 Å². The Balaban J connectivity index is 1.66. The molecule has 3 heteroatoms. The Hall–Kier alpha value is -1.64. The van der Waals surface area contributed by atoms with Crippen LogP contribution in [0.1, 0.15) is 93.7 Å². The van der Waals surface area contributed by atoms with Crippen molar-refractivity contribution in [1.29, 1.82) is 0 Å². The molecule has 1 amide bonds. The molecule has 1 aromatic rings. The Morgan fingerprint density at radius 3 is 2.85 bits per heavy atom. The molecule has 0 aromatic heterocycles. The van der Waals surface area contributed by atoms with Gasteiger partial charge in [-0.15, -0.1) is 0 Å². The Kier molecular flexibility index (Phi) is 4.68. The third-order valence-electron chi connectivity index (χ3n) is 7.75. The van der Waals surface area contributed by atoms with Crippen molar-refractivity contribution < 1.29 is 9.59 Å². The fraction of sp³-hybridized carbons (Fsp3) is 0.667. The first kappa shape index (κ1) is 18.7. The second kappa shape index (κ2) is 6.76. The molecule has 2 bridgehead atoms. The molecule has 4 rings (SSSR count). The average Bonchev–Trinajstić information content (AvgIpc) is 3.02. The number of fused-ring (bicyclic) bond motifs is 3. The van der Waals surface area contributed by atoms with E-state index in [0.29, 0.717) is 18.1 Å². The standard InChI is InChI=1S/C24H33NO2/c1-4-5-6-7-13-25-22(27)21-20-16(2)9-8-10-17(20)18-11-12-23(3)15-24(18,21)14-19(23)26/h8-10,18,21H,4-7,11-15H2,1-3H3,(H,25,27)/t18-,21-,23+,24-/m1/s1. The van der Waals surface area contributed by atoms with Crippen molar-refractivity contribution in [3.05, 3.63) is 34.9 Å². The van der Waals surface area contributed by atoms with Gasteiger partial charge in [0.05, 0.1) is 5.92 Å². The van der Waals surface area contributed by atoms with E-state index in [-0.39, 0.29) is 22.7 Å². The number of unbranched alkanes of at least 4 members (excludes halogenated alkanes) is 3. The van der Waals surface area contributed by atoms with Gasteiger partial charge in [-0.1, -0.05) is 51.3 Å². The van der Waals surface area contributed by atoms with E-state index in [1.807, 2.05) is 0 Å². The SMILES string of the molecule is CCCCCCNC(=O)[C@H]1c2c(C)cccc2[C@H]2CC[C@@]3(C)C[C@]21CC3=O. The summed E-state index contributed by atoms with van der Waals surface area (Å²) >= 11 is 0. The number of hydrogen-bond donors (Lipinski definition) is 1. The summed E-state index contributed by atoms with van der Waals surface area (Å²) in [6.45, 7) is 7.22. The van der Waals surface area contributed by atoms with Gasteiger partial charge in [-0.3, -0.25) is 9.59 Å². The third kappa shape index (κ3) is 2.77. The first-order valence-corrected chi connectivity index (χ1v) is 10.8. The number of ketones is 1. The van der Waals surface area contributed by atoms with Crippen LogP contribution in [0.3, 0.4) is 0 Å². The van der Waals surface area contributed by atoms with Crippen molar-refractivity contribution in [1.82, 2.24) is 5.32 Å². The average molecular weight is 368 g/mol. The first-order chi connectivity index (χ1) is 12.9. The molecule has 2 fully saturated rings. The van der Waals surface area contributed by atoms with Crippen LogP contribution in [0.25, 0.3) is 0 Å². The van der Waals surface area contributed by atoms with Crippen LogP contribution in [0.5, 0.6) is 0 Å². The van der Waals surface area contributed by atoms with E-state index < -0.39 is 0 Å². The fourth-order valence-electron chi connectivity index (χ4n) is 6.44. The Bertz CT molecular complexity index is 770. The number of carbonyl (C=O) groups excluding carboxylic acids is 2. The van der Waals surface area contributed by atoms with Crippen LogP contribution in [-0.2, 0) is 9.59 Å². The molecule has 0 aliphatic heterocycles. The van der Waals surface area contributed by atoms with Gasteiger partial charge in [0.2, 0.25) is 5.91 Å². The lowest BCUT2D eigenvalue weighted by atomic mass is 9.60. The van der Waals surface area contributed by atoms with Gasteiger partial charge in [0.25, 0.3) is 0 Å². The predicted octanol–water partition coefficient (Wildman–Crippen LogP) is 5.02. The van der Waals surface area contributed by atoms with E-state index >= 15 is 0 Å². The summed E-state index contributed by atoms with van der Waals surface area (Å²) < 4.78 is 0. The lowest BCUT2D eigenvalue weighted by Gasteiger charge is -2.42. The van der Waals surface area contributed by atoms with Crippen molar-refractivity contribution in [3.63, 3.8) is 0 Å². The topological polar surface area (TPSA) is 46.2 Å². The van der Waals surface area contributed by atoms with Gasteiger partial charge in [-0.05, 0) is 55.2 Å². The maximum Gasteiger partial charge on any atom is 0.228 e. The summed E-state index contributed by atoms with van der Waals surface area (Å²) in [5.74, 6) is 0.749. The minimum Gasteiger partial charge on any atom is -0.356 e. The maximum atomic E-state index is 13.4. The van der Waals surface area contributed by atoms with Crippen molar-refractivity contribution in [2.24, 2.45) is 10.8 Å². The number of aryl methyl sites for hydroxylation is 1. The molecule has 3 nitrogen and oxygen atoms in total. The Morgan fingerprint density at radius 1 is 1.26 bits per heavy atom. The number of Topliss-reactive ketones (excluding diaryl/α,β-unsaturated/α-hetero) is 1. The molecule has 3 aliphatic rings. The largest absolute Gasteiger partial charge is 0.356 e. The molecule has 3 aliphatic carbocycles. The van der Waals surface area contributed by atoms with Gasteiger partial charge in [0.15, 0.2) is 0 Å². The van der Waals surface area contributed by atoms with Crippen molar-refractivity contribution >= 4 is 11.7 Å². The second-order valence-corrected chi connectivity index (χ2v) is 9.52. The van der Waals surface area contributed by atoms with Crippen LogP contribution < -0.4 is 5.32 Å². The minimum atomic E-state index is -0.216. The van der Waals surface area contributed by atoms with Crippen molar-refractivity contribution in [2.45, 2.75) is 84.0 Å². The molecule has 2 saturated carbocycles. The molecule has 0 radical (unpaired) electrons. The molecular formula is C24H33NO2. The van der Waals surface area contributed by atoms with Crippen LogP contribution in [0.2, 0.25) is 0 Å². The van der Waals surface area contributed by atoms with Gasteiger partial charge in [-0.25, -0.2) is 0 Å². The van der Waals surface area contributed by atoms with Gasteiger partial charge in [-0.2, -0.15) is 0 Å². The maximum absolute atomic E-state index is 13.4. The summed E-state index contributed by atoms with van der Waals surface area (Å²) in [6, 6.07) is 6.47. The summed E-state index contributed by atoms with van der Waals surface area (Å²) in [7, 11) is 0. The second-order valence-electron chi connectivity index (χ2n) is 9.52. The monoisotopic (exact) mass is 367 g/mol. The van der Waals surface area contributed by atoms with E-state index in [4.69, 9.17) is 0 Å². The summed E-state index contributed by atoms with van der Waals surface area (Å²) in [4.78, 5) is 26.3. The Morgan fingerprint density at radius 2 is 2.07 bits per heavy atom. The zero-order valence-electron chi connectivity index (χ0n) is 17.1. The van der Waals surface area contributed by atoms with Crippen LogP contribution in [0.15, 0.2) is 18.2 Å². The highest BCUT2D eigenvalue weighted by molar-refractivity contribution is 5.94. The normalized spacial score (nSPS) is 33.7. The Labute approximate surface area is 163 Å². The molecule has 1 spiro atoms.